The highest BCUT2D eigenvalue weighted by Crippen LogP contribution is 2.40. The molecule has 2 rings (SSSR count). The molecule has 2 aliphatic rings. The molecule has 0 saturated heterocycles. The highest BCUT2D eigenvalue weighted by Gasteiger charge is 2.45. The topological polar surface area (TPSA) is 67.2 Å². The minimum atomic E-state index is -0.349. The Morgan fingerprint density at radius 3 is 2.84 bits per heavy atom. The van der Waals surface area contributed by atoms with Gasteiger partial charge < -0.3 is 16.4 Å². The molecule has 1 unspecified atom stereocenters. The smallest absolute Gasteiger partial charge is 0.236 e. The number of allylic oxidation sites excluding steroid dienone is 4. The zero-order valence-electron chi connectivity index (χ0n) is 11.5. The van der Waals surface area contributed by atoms with Gasteiger partial charge >= 0.3 is 0 Å². The van der Waals surface area contributed by atoms with Gasteiger partial charge in [0.15, 0.2) is 0 Å². The molecule has 1 amide bonds. The number of hydrogen-bond acceptors (Lipinski definition) is 3. The minimum absolute atomic E-state index is 0.171. The number of carbonyl (C=O) groups excluding carboxylic acids is 1. The van der Waals surface area contributed by atoms with E-state index in [0.29, 0.717) is 0 Å². The SMILES string of the molecule is CCC1=CCC=C(C2(NC)C=C2NCC(N)=O)C=C1. The summed E-state index contributed by atoms with van der Waals surface area (Å²) < 4.78 is 0. The van der Waals surface area contributed by atoms with Crippen molar-refractivity contribution in [2.24, 2.45) is 5.73 Å². The van der Waals surface area contributed by atoms with Crippen LogP contribution in [0.1, 0.15) is 19.8 Å². The molecule has 0 saturated carbocycles. The van der Waals surface area contributed by atoms with Crippen LogP contribution in [-0.2, 0) is 4.79 Å². The van der Waals surface area contributed by atoms with Gasteiger partial charge in [0.2, 0.25) is 5.91 Å². The second kappa shape index (κ2) is 5.45. The summed E-state index contributed by atoms with van der Waals surface area (Å²) in [5, 5.41) is 6.38. The average molecular weight is 259 g/mol. The van der Waals surface area contributed by atoms with Crippen LogP contribution in [0.4, 0.5) is 0 Å². The summed E-state index contributed by atoms with van der Waals surface area (Å²) in [5.74, 6) is -0.349. The molecule has 4 nitrogen and oxygen atoms in total. The van der Waals surface area contributed by atoms with Gasteiger partial charge in [-0.05, 0) is 31.5 Å². The minimum Gasteiger partial charge on any atom is -0.378 e. The van der Waals surface area contributed by atoms with Crippen molar-refractivity contribution in [3.63, 3.8) is 0 Å². The largest absolute Gasteiger partial charge is 0.378 e. The summed E-state index contributed by atoms with van der Waals surface area (Å²) in [6.45, 7) is 2.33. The summed E-state index contributed by atoms with van der Waals surface area (Å²) in [7, 11) is 1.92. The van der Waals surface area contributed by atoms with Crippen LogP contribution in [-0.4, -0.2) is 25.0 Å². The molecule has 0 fully saturated rings. The van der Waals surface area contributed by atoms with Gasteiger partial charge in [0.05, 0.1) is 6.54 Å². The van der Waals surface area contributed by atoms with E-state index >= 15 is 0 Å². The maximum atomic E-state index is 10.8. The van der Waals surface area contributed by atoms with Gasteiger partial charge in [0.25, 0.3) is 0 Å². The standard InChI is InChI=1S/C15H21N3O/c1-3-11-5-4-6-12(8-7-11)15(17-2)9-13(15)18-10-14(16)19/h5-9,17-18H,3-4,10H2,1-2H3,(H2,16,19). The van der Waals surface area contributed by atoms with E-state index in [-0.39, 0.29) is 18.0 Å². The molecule has 2 aliphatic carbocycles. The maximum absolute atomic E-state index is 10.8. The van der Waals surface area contributed by atoms with Crippen LogP contribution in [0.2, 0.25) is 0 Å². The second-order valence-electron chi connectivity index (χ2n) is 4.80. The zero-order valence-corrected chi connectivity index (χ0v) is 11.5. The Kier molecular flexibility index (Phi) is 3.90. The molecule has 1 atom stereocenters. The molecule has 0 radical (unpaired) electrons. The molecule has 0 aromatic rings. The van der Waals surface area contributed by atoms with Crippen LogP contribution in [0.3, 0.4) is 0 Å². The first-order valence-corrected chi connectivity index (χ1v) is 6.64. The first-order valence-electron chi connectivity index (χ1n) is 6.64. The number of hydrogen-bond donors (Lipinski definition) is 3. The van der Waals surface area contributed by atoms with Gasteiger partial charge in [-0.25, -0.2) is 0 Å². The van der Waals surface area contributed by atoms with Crippen molar-refractivity contribution in [3.05, 3.63) is 47.2 Å². The molecule has 0 heterocycles. The lowest BCUT2D eigenvalue weighted by Gasteiger charge is -2.20. The molecule has 0 bridgehead atoms. The van der Waals surface area contributed by atoms with E-state index in [1.165, 1.54) is 11.1 Å². The van der Waals surface area contributed by atoms with E-state index in [1.807, 2.05) is 7.05 Å². The Balaban J connectivity index is 2.05. The lowest BCUT2D eigenvalue weighted by atomic mass is 10.00. The van der Waals surface area contributed by atoms with Crippen LogP contribution in [0.15, 0.2) is 47.2 Å². The fourth-order valence-corrected chi connectivity index (χ4v) is 2.37. The van der Waals surface area contributed by atoms with E-state index in [1.54, 1.807) is 0 Å². The predicted octanol–water partition coefficient (Wildman–Crippen LogP) is 1.14. The van der Waals surface area contributed by atoms with Crippen molar-refractivity contribution in [2.75, 3.05) is 13.6 Å². The zero-order chi connectivity index (χ0) is 13.9. The molecule has 4 N–H and O–H groups in total. The first kappa shape index (κ1) is 13.6. The van der Waals surface area contributed by atoms with Gasteiger partial charge in [0, 0.05) is 5.70 Å². The Hall–Kier alpha value is -1.81. The lowest BCUT2D eigenvalue weighted by molar-refractivity contribution is -0.117. The molecule has 0 spiro atoms. The monoisotopic (exact) mass is 259 g/mol. The van der Waals surface area contributed by atoms with Crippen LogP contribution >= 0.6 is 0 Å². The van der Waals surface area contributed by atoms with Gasteiger partial charge in [-0.15, -0.1) is 0 Å². The number of primary amides is 1. The first-order chi connectivity index (χ1) is 9.12. The number of nitrogens with one attached hydrogen (secondary N) is 2. The van der Waals surface area contributed by atoms with Crippen molar-refractivity contribution < 1.29 is 4.79 Å². The Bertz CT molecular complexity index is 500. The highest BCUT2D eigenvalue weighted by molar-refractivity contribution is 5.77. The normalized spacial score (nSPS) is 25.1. The fourth-order valence-electron chi connectivity index (χ4n) is 2.37. The molecule has 0 aromatic heterocycles. The molecule has 19 heavy (non-hydrogen) atoms. The molecular formula is C15H21N3O. The number of nitrogens with two attached hydrogens (primary N) is 1. The number of likely N-dealkylation sites (N-methyl/N-ethyl adjacent to an activating group) is 1. The summed E-state index contributed by atoms with van der Waals surface area (Å²) in [4.78, 5) is 10.8. The Morgan fingerprint density at radius 1 is 1.42 bits per heavy atom. The van der Waals surface area contributed by atoms with Crippen LogP contribution in [0.5, 0.6) is 0 Å². The van der Waals surface area contributed by atoms with Crippen molar-refractivity contribution in [2.45, 2.75) is 25.3 Å². The van der Waals surface area contributed by atoms with Gasteiger partial charge in [0.1, 0.15) is 5.54 Å². The number of carbonyl (C=O) groups is 1. The second-order valence-corrected chi connectivity index (χ2v) is 4.80. The third kappa shape index (κ3) is 2.79. The lowest BCUT2D eigenvalue weighted by Crippen LogP contribution is -2.38. The fraction of sp³-hybridized carbons (Fsp3) is 0.400. The quantitative estimate of drug-likeness (QED) is 0.670. The molecule has 102 valence electrons. The summed E-state index contributed by atoms with van der Waals surface area (Å²) in [6, 6.07) is 0. The molecule has 4 heteroatoms. The third-order valence-corrected chi connectivity index (χ3v) is 3.61. The summed E-state index contributed by atoms with van der Waals surface area (Å²) in [5.41, 5.74) is 8.48. The van der Waals surface area contributed by atoms with Gasteiger partial charge in [-0.2, -0.15) is 0 Å². The number of rotatable bonds is 6. The van der Waals surface area contributed by atoms with Crippen LogP contribution in [0, 0.1) is 0 Å². The summed E-state index contributed by atoms with van der Waals surface area (Å²) in [6.07, 6.45) is 12.8. The van der Waals surface area contributed by atoms with E-state index in [9.17, 15) is 4.79 Å². The van der Waals surface area contributed by atoms with E-state index in [2.05, 4.69) is 47.9 Å². The molecule has 0 aliphatic heterocycles. The van der Waals surface area contributed by atoms with Crippen molar-refractivity contribution >= 4 is 5.91 Å². The third-order valence-electron chi connectivity index (χ3n) is 3.61. The predicted molar refractivity (Wildman–Crippen MR) is 77.3 cm³/mol. The highest BCUT2D eigenvalue weighted by atomic mass is 16.1. The van der Waals surface area contributed by atoms with E-state index in [0.717, 1.165) is 18.5 Å². The average Bonchev–Trinajstić information content (AvgIpc) is 3.15. The van der Waals surface area contributed by atoms with Crippen molar-refractivity contribution in [1.82, 2.24) is 10.6 Å². The van der Waals surface area contributed by atoms with Crippen LogP contribution < -0.4 is 16.4 Å². The maximum Gasteiger partial charge on any atom is 0.236 e. The van der Waals surface area contributed by atoms with E-state index in [4.69, 9.17) is 5.73 Å². The van der Waals surface area contributed by atoms with Gasteiger partial charge in [-0.3, -0.25) is 4.79 Å². The Morgan fingerprint density at radius 2 is 2.21 bits per heavy atom. The van der Waals surface area contributed by atoms with Crippen molar-refractivity contribution in [3.8, 4) is 0 Å². The summed E-state index contributed by atoms with van der Waals surface area (Å²) >= 11 is 0. The molecular weight excluding hydrogens is 238 g/mol. The molecule has 0 aromatic carbocycles. The van der Waals surface area contributed by atoms with Crippen LogP contribution in [0.25, 0.3) is 0 Å². The Labute approximate surface area is 114 Å². The van der Waals surface area contributed by atoms with Crippen molar-refractivity contribution in [1.29, 1.82) is 0 Å². The van der Waals surface area contributed by atoms with E-state index < -0.39 is 0 Å². The number of amides is 1. The van der Waals surface area contributed by atoms with Gasteiger partial charge in [-0.1, -0.05) is 36.8 Å².